The highest BCUT2D eigenvalue weighted by atomic mass is 16.5. The number of methoxy groups -OCH3 is 1. The molecule has 3 N–H and O–H groups in total. The maximum absolute atomic E-state index is 11.5. The van der Waals surface area contributed by atoms with E-state index in [-0.39, 0.29) is 13.1 Å². The van der Waals surface area contributed by atoms with E-state index >= 15 is 0 Å². The van der Waals surface area contributed by atoms with Gasteiger partial charge in [-0.15, -0.1) is 0 Å². The Morgan fingerprint density at radius 3 is 2.67 bits per heavy atom. The number of carbonyl (C=O) groups excluding carboxylic acids is 3. The van der Waals surface area contributed by atoms with Gasteiger partial charge in [0.25, 0.3) is 5.91 Å². The molecular weight excluding hydrogens is 204 g/mol. The van der Waals surface area contributed by atoms with Crippen LogP contribution in [0.4, 0.5) is 0 Å². The van der Waals surface area contributed by atoms with E-state index in [2.05, 4.69) is 4.74 Å². The summed E-state index contributed by atoms with van der Waals surface area (Å²) in [5, 5.41) is 9.31. The summed E-state index contributed by atoms with van der Waals surface area (Å²) in [5.74, 6) is -2.81. The molecule has 1 aliphatic heterocycles. The molecule has 15 heavy (non-hydrogen) atoms. The van der Waals surface area contributed by atoms with Gasteiger partial charge in [0.1, 0.15) is 12.3 Å². The number of nitrogens with two attached hydrogens (primary N) is 1. The van der Waals surface area contributed by atoms with Crippen molar-refractivity contribution in [3.8, 4) is 0 Å². The number of ether oxygens (including phenoxy) is 1. The molecule has 82 valence electrons. The lowest BCUT2D eigenvalue weighted by molar-refractivity contribution is -0.140. The first-order chi connectivity index (χ1) is 6.97. The lowest BCUT2D eigenvalue weighted by atomic mass is 10.2. The zero-order valence-electron chi connectivity index (χ0n) is 8.02. The second-order valence-corrected chi connectivity index (χ2v) is 2.94. The molecule has 0 aromatic carbocycles. The Hall–Kier alpha value is -2.05. The lowest BCUT2D eigenvalue weighted by Crippen LogP contribution is -2.36. The minimum Gasteiger partial charge on any atom is -0.509 e. The van der Waals surface area contributed by atoms with Crippen LogP contribution in [0, 0.1) is 0 Å². The molecule has 0 saturated carbocycles. The van der Waals surface area contributed by atoms with Crippen molar-refractivity contribution in [2.24, 2.45) is 5.73 Å². The van der Waals surface area contributed by atoms with E-state index in [1.165, 1.54) is 0 Å². The molecule has 0 aromatic rings. The van der Waals surface area contributed by atoms with Gasteiger partial charge in [-0.25, -0.2) is 4.79 Å². The smallest absolute Gasteiger partial charge is 0.347 e. The fourth-order valence-corrected chi connectivity index (χ4v) is 1.24. The topological polar surface area (TPSA) is 110 Å². The second kappa shape index (κ2) is 3.99. The quantitative estimate of drug-likeness (QED) is 0.429. The minimum atomic E-state index is -0.926. The van der Waals surface area contributed by atoms with Crippen molar-refractivity contribution in [1.29, 1.82) is 0 Å². The summed E-state index contributed by atoms with van der Waals surface area (Å²) in [6.45, 7) is -0.546. The van der Waals surface area contributed by atoms with Crippen LogP contribution in [0.1, 0.15) is 0 Å². The predicted molar refractivity (Wildman–Crippen MR) is 47.4 cm³/mol. The van der Waals surface area contributed by atoms with E-state index in [9.17, 15) is 19.5 Å². The Labute approximate surface area is 85.1 Å². The number of nitrogens with zero attached hydrogens (tertiary/aromatic N) is 1. The summed E-state index contributed by atoms with van der Waals surface area (Å²) >= 11 is 0. The zero-order chi connectivity index (χ0) is 11.6. The Morgan fingerprint density at radius 1 is 1.60 bits per heavy atom. The average Bonchev–Trinajstić information content (AvgIpc) is 2.40. The number of amides is 2. The third-order valence-corrected chi connectivity index (χ3v) is 1.87. The van der Waals surface area contributed by atoms with Gasteiger partial charge in [-0.3, -0.25) is 9.59 Å². The molecule has 0 fully saturated rings. The maximum Gasteiger partial charge on any atom is 0.347 e. The number of esters is 1. The molecule has 2 amide bonds. The number of hydrogen-bond acceptors (Lipinski definition) is 5. The van der Waals surface area contributed by atoms with E-state index < -0.39 is 29.1 Å². The van der Waals surface area contributed by atoms with Crippen molar-refractivity contribution in [2.45, 2.75) is 0 Å². The summed E-state index contributed by atoms with van der Waals surface area (Å²) in [5.41, 5.74) is 4.44. The van der Waals surface area contributed by atoms with Gasteiger partial charge in [0, 0.05) is 0 Å². The molecule has 1 aliphatic rings. The van der Waals surface area contributed by atoms with Gasteiger partial charge in [0.15, 0.2) is 5.57 Å². The normalized spacial score (nSPS) is 15.8. The number of hydrogen-bond donors (Lipinski definition) is 2. The minimum absolute atomic E-state index is 0.202. The molecule has 0 aliphatic carbocycles. The number of aliphatic hydroxyl groups is 1. The molecule has 0 unspecified atom stereocenters. The molecule has 0 bridgehead atoms. The standard InChI is InChI=1S/C8H10N2O5/c1-15-8(14)6-4(11)2-10(7(6)13)3-5(9)12/h11H,2-3H2,1H3,(H2,9,12). The first kappa shape index (κ1) is 11.0. The van der Waals surface area contributed by atoms with E-state index in [0.29, 0.717) is 0 Å². The Balaban J connectivity index is 2.84. The van der Waals surface area contributed by atoms with Crippen LogP contribution in [0.5, 0.6) is 0 Å². The third-order valence-electron chi connectivity index (χ3n) is 1.87. The Morgan fingerprint density at radius 2 is 2.20 bits per heavy atom. The van der Waals surface area contributed by atoms with Crippen LogP contribution in [-0.2, 0) is 19.1 Å². The molecule has 0 spiro atoms. The van der Waals surface area contributed by atoms with Gasteiger partial charge in [-0.1, -0.05) is 0 Å². The van der Waals surface area contributed by atoms with Crippen LogP contribution in [0.15, 0.2) is 11.3 Å². The van der Waals surface area contributed by atoms with Crippen LogP contribution in [0.25, 0.3) is 0 Å². The third kappa shape index (κ3) is 2.06. The highest BCUT2D eigenvalue weighted by Crippen LogP contribution is 2.17. The Bertz CT molecular complexity index is 360. The first-order valence-corrected chi connectivity index (χ1v) is 4.05. The van der Waals surface area contributed by atoms with E-state index in [1.807, 2.05) is 0 Å². The summed E-state index contributed by atoms with van der Waals surface area (Å²) in [6.07, 6.45) is 0. The molecule has 0 saturated heterocycles. The van der Waals surface area contributed by atoms with E-state index in [0.717, 1.165) is 12.0 Å². The highest BCUT2D eigenvalue weighted by molar-refractivity contribution is 6.18. The fourth-order valence-electron chi connectivity index (χ4n) is 1.24. The molecule has 0 aromatic heterocycles. The highest BCUT2D eigenvalue weighted by Gasteiger charge is 2.36. The van der Waals surface area contributed by atoms with E-state index in [4.69, 9.17) is 5.73 Å². The van der Waals surface area contributed by atoms with Crippen LogP contribution in [-0.4, -0.2) is 48.0 Å². The van der Waals surface area contributed by atoms with Gasteiger partial charge in [-0.05, 0) is 0 Å². The fraction of sp³-hybridized carbons (Fsp3) is 0.375. The SMILES string of the molecule is COC(=O)C1=C(O)CN(CC(N)=O)C1=O. The van der Waals surface area contributed by atoms with Crippen molar-refractivity contribution >= 4 is 17.8 Å². The summed E-state index contributed by atoms with van der Waals surface area (Å²) in [7, 11) is 1.09. The molecule has 1 rings (SSSR count). The van der Waals surface area contributed by atoms with Crippen molar-refractivity contribution in [2.75, 3.05) is 20.2 Å². The predicted octanol–water partition coefficient (Wildman–Crippen LogP) is -1.70. The molecule has 0 radical (unpaired) electrons. The molecule has 1 heterocycles. The molecule has 0 atom stereocenters. The lowest BCUT2D eigenvalue weighted by Gasteiger charge is -2.12. The summed E-state index contributed by atoms with van der Waals surface area (Å²) < 4.78 is 4.31. The van der Waals surface area contributed by atoms with Crippen molar-refractivity contribution < 1.29 is 24.2 Å². The number of primary amides is 1. The maximum atomic E-state index is 11.5. The van der Waals surface area contributed by atoms with Gasteiger partial charge in [0.05, 0.1) is 13.7 Å². The second-order valence-electron chi connectivity index (χ2n) is 2.94. The van der Waals surface area contributed by atoms with Crippen LogP contribution in [0.3, 0.4) is 0 Å². The first-order valence-electron chi connectivity index (χ1n) is 4.05. The zero-order valence-corrected chi connectivity index (χ0v) is 8.02. The van der Waals surface area contributed by atoms with Gasteiger partial charge in [-0.2, -0.15) is 0 Å². The molecule has 7 heteroatoms. The van der Waals surface area contributed by atoms with Crippen LogP contribution in [0.2, 0.25) is 0 Å². The summed E-state index contributed by atoms with van der Waals surface area (Å²) in [6, 6.07) is 0. The van der Waals surface area contributed by atoms with E-state index in [1.54, 1.807) is 0 Å². The Kier molecular flexibility index (Phi) is 2.93. The monoisotopic (exact) mass is 214 g/mol. The summed E-state index contributed by atoms with van der Waals surface area (Å²) in [4.78, 5) is 34.0. The van der Waals surface area contributed by atoms with Gasteiger partial charge in [0.2, 0.25) is 5.91 Å². The van der Waals surface area contributed by atoms with Crippen LogP contribution >= 0.6 is 0 Å². The number of carbonyl (C=O) groups is 3. The number of rotatable bonds is 3. The largest absolute Gasteiger partial charge is 0.509 e. The number of aliphatic hydroxyl groups excluding tert-OH is 1. The van der Waals surface area contributed by atoms with Crippen LogP contribution < -0.4 is 5.73 Å². The van der Waals surface area contributed by atoms with Crippen molar-refractivity contribution in [3.05, 3.63) is 11.3 Å². The van der Waals surface area contributed by atoms with Crippen molar-refractivity contribution in [3.63, 3.8) is 0 Å². The van der Waals surface area contributed by atoms with Gasteiger partial charge >= 0.3 is 5.97 Å². The average molecular weight is 214 g/mol. The van der Waals surface area contributed by atoms with Gasteiger partial charge < -0.3 is 20.5 Å². The molecular formula is C8H10N2O5. The molecule has 7 nitrogen and oxygen atoms in total. The van der Waals surface area contributed by atoms with Crippen molar-refractivity contribution in [1.82, 2.24) is 4.90 Å².